The van der Waals surface area contributed by atoms with Crippen molar-refractivity contribution in [1.82, 2.24) is 19.6 Å². The Balaban J connectivity index is 2.04. The van der Waals surface area contributed by atoms with Gasteiger partial charge in [0.2, 0.25) is 0 Å². The summed E-state index contributed by atoms with van der Waals surface area (Å²) in [5, 5.41) is 13.3. The second-order valence-electron chi connectivity index (χ2n) is 5.43. The number of hydrogen-bond donors (Lipinski definition) is 2. The van der Waals surface area contributed by atoms with Crippen LogP contribution in [0.25, 0.3) is 16.9 Å². The highest BCUT2D eigenvalue weighted by Gasteiger charge is 2.38. The van der Waals surface area contributed by atoms with Crippen LogP contribution in [0.3, 0.4) is 0 Å². The third-order valence-corrected chi connectivity index (χ3v) is 3.72. The first-order valence-electron chi connectivity index (χ1n) is 7.06. The molecule has 24 heavy (non-hydrogen) atoms. The molecule has 2 aromatic heterocycles. The molecule has 0 aliphatic heterocycles. The Bertz CT molecular complexity index is 890. The summed E-state index contributed by atoms with van der Waals surface area (Å²) in [4.78, 5) is 8.00. The number of aliphatic hydroxyl groups is 1. The summed E-state index contributed by atoms with van der Waals surface area (Å²) in [6, 6.07) is 4.84. The quantitative estimate of drug-likeness (QED) is 0.764. The molecule has 1 atom stereocenters. The van der Waals surface area contributed by atoms with E-state index in [1.54, 1.807) is 18.2 Å². The molecular formula is C15H14F3N5O. The van der Waals surface area contributed by atoms with E-state index < -0.39 is 18.7 Å². The van der Waals surface area contributed by atoms with E-state index in [1.165, 1.54) is 17.0 Å². The smallest absolute Gasteiger partial charge is 0.383 e. The number of aliphatic hydroxyl groups excluding tert-OH is 1. The van der Waals surface area contributed by atoms with Gasteiger partial charge in [0.1, 0.15) is 6.33 Å². The molecule has 0 spiro atoms. The fourth-order valence-corrected chi connectivity index (χ4v) is 2.43. The standard InChI is InChI=1S/C15H14F3N5O/c1-8-2-3-9(5-12(24)15(16,17)18)4-10(8)11-6-20-14-13(19)21-7-22-23(11)14/h2-4,6-7,12,24H,5H2,1H3,(H2,19,21,22). The number of halogens is 3. The zero-order valence-corrected chi connectivity index (χ0v) is 12.6. The van der Waals surface area contributed by atoms with E-state index in [2.05, 4.69) is 15.1 Å². The van der Waals surface area contributed by atoms with Crippen LogP contribution in [0.1, 0.15) is 11.1 Å². The monoisotopic (exact) mass is 337 g/mol. The van der Waals surface area contributed by atoms with E-state index in [0.29, 0.717) is 22.5 Å². The van der Waals surface area contributed by atoms with Crippen molar-refractivity contribution in [3.8, 4) is 11.3 Å². The van der Waals surface area contributed by atoms with Crippen LogP contribution < -0.4 is 5.73 Å². The van der Waals surface area contributed by atoms with Gasteiger partial charge in [-0.3, -0.25) is 0 Å². The van der Waals surface area contributed by atoms with Crippen molar-refractivity contribution in [3.63, 3.8) is 0 Å². The lowest BCUT2D eigenvalue weighted by atomic mass is 9.99. The first-order chi connectivity index (χ1) is 11.3. The van der Waals surface area contributed by atoms with Crippen molar-refractivity contribution < 1.29 is 18.3 Å². The molecule has 0 fully saturated rings. The molecule has 3 N–H and O–H groups in total. The molecule has 1 aromatic carbocycles. The number of nitrogen functional groups attached to an aromatic ring is 1. The van der Waals surface area contributed by atoms with Gasteiger partial charge in [-0.1, -0.05) is 12.1 Å². The van der Waals surface area contributed by atoms with Gasteiger partial charge < -0.3 is 10.8 Å². The van der Waals surface area contributed by atoms with Crippen LogP contribution in [0, 0.1) is 6.92 Å². The second kappa shape index (κ2) is 5.75. The molecule has 126 valence electrons. The van der Waals surface area contributed by atoms with Gasteiger partial charge in [-0.15, -0.1) is 0 Å². The van der Waals surface area contributed by atoms with Crippen LogP contribution in [0.4, 0.5) is 19.0 Å². The van der Waals surface area contributed by atoms with Crippen molar-refractivity contribution in [3.05, 3.63) is 41.9 Å². The molecule has 0 aliphatic carbocycles. The molecular weight excluding hydrogens is 323 g/mol. The average molecular weight is 337 g/mol. The maximum absolute atomic E-state index is 12.5. The highest BCUT2D eigenvalue weighted by molar-refractivity contribution is 5.70. The maximum atomic E-state index is 12.5. The number of hydrogen-bond acceptors (Lipinski definition) is 5. The molecule has 6 nitrogen and oxygen atoms in total. The molecule has 0 amide bonds. The van der Waals surface area contributed by atoms with Gasteiger partial charge in [-0.2, -0.15) is 18.3 Å². The number of aryl methyl sites for hydroxylation is 1. The average Bonchev–Trinajstić information content (AvgIpc) is 2.93. The Morgan fingerprint density at radius 2 is 2.04 bits per heavy atom. The van der Waals surface area contributed by atoms with Gasteiger partial charge in [-0.05, 0) is 24.1 Å². The van der Waals surface area contributed by atoms with Crippen LogP contribution in [0.2, 0.25) is 0 Å². The van der Waals surface area contributed by atoms with E-state index >= 15 is 0 Å². The molecule has 1 unspecified atom stereocenters. The lowest BCUT2D eigenvalue weighted by molar-refractivity contribution is -0.203. The molecule has 0 aliphatic rings. The third-order valence-electron chi connectivity index (χ3n) is 3.72. The SMILES string of the molecule is Cc1ccc(CC(O)C(F)(F)F)cc1-c1cnc2c(N)ncnn12. The van der Waals surface area contributed by atoms with Gasteiger partial charge >= 0.3 is 6.18 Å². The molecule has 0 saturated heterocycles. The topological polar surface area (TPSA) is 89.3 Å². The molecule has 0 saturated carbocycles. The van der Waals surface area contributed by atoms with E-state index in [9.17, 15) is 18.3 Å². The summed E-state index contributed by atoms with van der Waals surface area (Å²) in [5.41, 5.74) is 8.54. The zero-order chi connectivity index (χ0) is 17.5. The van der Waals surface area contributed by atoms with E-state index in [4.69, 9.17) is 5.73 Å². The number of rotatable bonds is 3. The molecule has 3 aromatic rings. The number of imidazole rings is 1. The number of benzene rings is 1. The fraction of sp³-hybridized carbons (Fsp3) is 0.267. The number of fused-ring (bicyclic) bond motifs is 1. The van der Waals surface area contributed by atoms with Crippen molar-refractivity contribution in [2.24, 2.45) is 0 Å². The normalized spacial score (nSPS) is 13.4. The minimum absolute atomic E-state index is 0.206. The maximum Gasteiger partial charge on any atom is 0.414 e. The molecule has 0 radical (unpaired) electrons. The van der Waals surface area contributed by atoms with Crippen LogP contribution in [-0.2, 0) is 6.42 Å². The van der Waals surface area contributed by atoms with Gasteiger partial charge in [0.15, 0.2) is 17.6 Å². The Kier molecular flexibility index (Phi) is 3.88. The van der Waals surface area contributed by atoms with Gasteiger partial charge in [0, 0.05) is 12.0 Å². The number of nitrogens with two attached hydrogens (primary N) is 1. The lowest BCUT2D eigenvalue weighted by Gasteiger charge is -2.15. The molecule has 2 heterocycles. The van der Waals surface area contributed by atoms with Crippen LogP contribution in [0.15, 0.2) is 30.7 Å². The molecule has 3 rings (SSSR count). The van der Waals surface area contributed by atoms with Crippen molar-refractivity contribution >= 4 is 11.5 Å². The summed E-state index contributed by atoms with van der Waals surface area (Å²) < 4.78 is 39.1. The number of aromatic nitrogens is 4. The summed E-state index contributed by atoms with van der Waals surface area (Å²) in [6.45, 7) is 1.82. The fourth-order valence-electron chi connectivity index (χ4n) is 2.43. The first-order valence-corrected chi connectivity index (χ1v) is 7.06. The summed E-state index contributed by atoms with van der Waals surface area (Å²) in [6.07, 6.45) is -4.78. The Morgan fingerprint density at radius 1 is 1.29 bits per heavy atom. The molecule has 0 bridgehead atoms. The lowest BCUT2D eigenvalue weighted by Crippen LogP contribution is -2.30. The van der Waals surface area contributed by atoms with Crippen molar-refractivity contribution in [2.45, 2.75) is 25.6 Å². The Hall–Kier alpha value is -2.68. The Labute approximate surface area is 134 Å². The first kappa shape index (κ1) is 16.2. The van der Waals surface area contributed by atoms with Crippen LogP contribution in [0.5, 0.6) is 0 Å². The highest BCUT2D eigenvalue weighted by Crippen LogP contribution is 2.28. The highest BCUT2D eigenvalue weighted by atomic mass is 19.4. The molecule has 9 heteroatoms. The van der Waals surface area contributed by atoms with Gasteiger partial charge in [0.25, 0.3) is 0 Å². The predicted octanol–water partition coefficient (Wildman–Crippen LogP) is 2.15. The number of alkyl halides is 3. The zero-order valence-electron chi connectivity index (χ0n) is 12.6. The van der Waals surface area contributed by atoms with E-state index in [1.807, 2.05) is 6.92 Å². The Morgan fingerprint density at radius 3 is 2.75 bits per heavy atom. The second-order valence-corrected chi connectivity index (χ2v) is 5.43. The minimum Gasteiger partial charge on any atom is -0.383 e. The van der Waals surface area contributed by atoms with Crippen molar-refractivity contribution in [2.75, 3.05) is 5.73 Å². The number of nitrogens with zero attached hydrogens (tertiary/aromatic N) is 4. The van der Waals surface area contributed by atoms with E-state index in [0.717, 1.165) is 5.56 Å². The van der Waals surface area contributed by atoms with Gasteiger partial charge in [-0.25, -0.2) is 14.5 Å². The van der Waals surface area contributed by atoms with E-state index in [-0.39, 0.29) is 5.82 Å². The largest absolute Gasteiger partial charge is 0.414 e. The third kappa shape index (κ3) is 2.90. The van der Waals surface area contributed by atoms with Crippen molar-refractivity contribution in [1.29, 1.82) is 0 Å². The summed E-state index contributed by atoms with van der Waals surface area (Å²) >= 11 is 0. The van der Waals surface area contributed by atoms with Crippen LogP contribution >= 0.6 is 0 Å². The number of anilines is 1. The van der Waals surface area contributed by atoms with Crippen LogP contribution in [-0.4, -0.2) is 37.0 Å². The van der Waals surface area contributed by atoms with Gasteiger partial charge in [0.05, 0.1) is 11.9 Å². The minimum atomic E-state index is -4.66. The summed E-state index contributed by atoms with van der Waals surface area (Å²) in [7, 11) is 0. The summed E-state index contributed by atoms with van der Waals surface area (Å²) in [5.74, 6) is 0.206. The predicted molar refractivity (Wildman–Crippen MR) is 81.1 cm³/mol.